The van der Waals surface area contributed by atoms with Crippen LogP contribution in [-0.4, -0.2) is 33.8 Å². The Labute approximate surface area is 153 Å². The summed E-state index contributed by atoms with van der Waals surface area (Å²) in [6, 6.07) is 8.21. The van der Waals surface area contributed by atoms with Gasteiger partial charge in [-0.25, -0.2) is 14.7 Å². The third-order valence-electron chi connectivity index (χ3n) is 3.64. The minimum atomic E-state index is 0. The molecule has 6 nitrogen and oxygen atoms in total. The molecule has 0 atom stereocenters. The molecule has 1 aromatic carbocycles. The second-order valence-electron chi connectivity index (χ2n) is 5.53. The molecule has 1 aliphatic rings. The minimum absolute atomic E-state index is 0. The minimum Gasteiger partial charge on any atom is -0.357 e. The summed E-state index contributed by atoms with van der Waals surface area (Å²) in [6.45, 7) is 4.65. The molecule has 7 heteroatoms. The molecule has 1 aromatic heterocycles. The molecule has 0 aliphatic heterocycles. The Kier molecular flexibility index (Phi) is 6.82. The van der Waals surface area contributed by atoms with Crippen molar-refractivity contribution in [2.24, 2.45) is 10.9 Å². The molecule has 0 unspecified atom stereocenters. The Morgan fingerprint density at radius 1 is 1.26 bits per heavy atom. The third kappa shape index (κ3) is 5.49. The van der Waals surface area contributed by atoms with Crippen LogP contribution in [0.25, 0.3) is 5.69 Å². The van der Waals surface area contributed by atoms with Crippen LogP contribution in [0.15, 0.2) is 41.9 Å². The molecule has 0 amide bonds. The second-order valence-corrected chi connectivity index (χ2v) is 5.53. The van der Waals surface area contributed by atoms with Gasteiger partial charge in [0.1, 0.15) is 12.7 Å². The van der Waals surface area contributed by atoms with E-state index < -0.39 is 0 Å². The van der Waals surface area contributed by atoms with E-state index in [1.54, 1.807) is 11.0 Å². The summed E-state index contributed by atoms with van der Waals surface area (Å²) in [5.41, 5.74) is 2.18. The smallest absolute Gasteiger partial charge is 0.191 e. The molecular formula is C16H23IN6. The fraction of sp³-hybridized carbons (Fsp3) is 0.438. The van der Waals surface area contributed by atoms with E-state index in [9.17, 15) is 0 Å². The molecule has 1 saturated carbocycles. The lowest BCUT2D eigenvalue weighted by atomic mass is 10.2. The van der Waals surface area contributed by atoms with Crippen molar-refractivity contribution in [1.29, 1.82) is 0 Å². The Hall–Kier alpha value is -1.64. The average Bonchev–Trinajstić information content (AvgIpc) is 3.22. The summed E-state index contributed by atoms with van der Waals surface area (Å²) in [5, 5.41) is 10.8. The van der Waals surface area contributed by atoms with E-state index in [2.05, 4.69) is 44.8 Å². The van der Waals surface area contributed by atoms with E-state index in [4.69, 9.17) is 0 Å². The van der Waals surface area contributed by atoms with Crippen LogP contribution in [0, 0.1) is 5.92 Å². The first-order valence-electron chi connectivity index (χ1n) is 7.81. The maximum absolute atomic E-state index is 4.64. The van der Waals surface area contributed by atoms with Crippen LogP contribution < -0.4 is 10.6 Å². The Morgan fingerprint density at radius 3 is 2.65 bits per heavy atom. The Balaban J connectivity index is 0.00000192. The van der Waals surface area contributed by atoms with Crippen LogP contribution in [0.5, 0.6) is 0 Å². The van der Waals surface area contributed by atoms with Crippen molar-refractivity contribution < 1.29 is 0 Å². The molecule has 0 spiro atoms. The summed E-state index contributed by atoms with van der Waals surface area (Å²) in [5.74, 6) is 1.74. The topological polar surface area (TPSA) is 67.1 Å². The van der Waals surface area contributed by atoms with Crippen LogP contribution in [0.2, 0.25) is 0 Å². The normalized spacial score (nSPS) is 14.2. The van der Waals surface area contributed by atoms with Gasteiger partial charge in [-0.05, 0) is 43.4 Å². The van der Waals surface area contributed by atoms with Crippen LogP contribution in [0.4, 0.5) is 0 Å². The predicted octanol–water partition coefficient (Wildman–Crippen LogP) is 2.35. The number of benzene rings is 1. The van der Waals surface area contributed by atoms with Gasteiger partial charge in [-0.3, -0.25) is 0 Å². The molecule has 1 aliphatic carbocycles. The quantitative estimate of drug-likeness (QED) is 0.423. The van der Waals surface area contributed by atoms with E-state index in [0.717, 1.165) is 30.7 Å². The highest BCUT2D eigenvalue weighted by Crippen LogP contribution is 2.27. The fourth-order valence-corrected chi connectivity index (χ4v) is 2.17. The van der Waals surface area contributed by atoms with E-state index in [-0.39, 0.29) is 24.0 Å². The van der Waals surface area contributed by atoms with Crippen molar-refractivity contribution in [3.05, 3.63) is 42.5 Å². The number of aliphatic imine (C=N–C) groups is 1. The van der Waals surface area contributed by atoms with Gasteiger partial charge in [0.25, 0.3) is 0 Å². The first-order chi connectivity index (χ1) is 10.8. The van der Waals surface area contributed by atoms with Gasteiger partial charge in [0.2, 0.25) is 0 Å². The largest absolute Gasteiger partial charge is 0.357 e. The van der Waals surface area contributed by atoms with Gasteiger partial charge in [0.15, 0.2) is 5.96 Å². The number of nitrogens with zero attached hydrogens (tertiary/aromatic N) is 4. The van der Waals surface area contributed by atoms with Gasteiger partial charge >= 0.3 is 0 Å². The van der Waals surface area contributed by atoms with E-state index in [1.807, 2.05) is 12.1 Å². The van der Waals surface area contributed by atoms with Crippen LogP contribution in [0.1, 0.15) is 25.3 Å². The molecule has 1 heterocycles. The average molecular weight is 426 g/mol. The monoisotopic (exact) mass is 426 g/mol. The number of aromatic nitrogens is 3. The van der Waals surface area contributed by atoms with Crippen LogP contribution in [0.3, 0.4) is 0 Å². The van der Waals surface area contributed by atoms with Gasteiger partial charge < -0.3 is 10.6 Å². The zero-order valence-electron chi connectivity index (χ0n) is 13.3. The van der Waals surface area contributed by atoms with Crippen LogP contribution >= 0.6 is 24.0 Å². The Morgan fingerprint density at radius 2 is 2.04 bits per heavy atom. The van der Waals surface area contributed by atoms with Crippen molar-refractivity contribution in [3.8, 4) is 5.69 Å². The fourth-order valence-electron chi connectivity index (χ4n) is 2.17. The number of guanidine groups is 1. The number of halogens is 1. The molecule has 1 fully saturated rings. The second kappa shape index (κ2) is 8.85. The Bertz CT molecular complexity index is 604. The summed E-state index contributed by atoms with van der Waals surface area (Å²) in [6.07, 6.45) is 5.91. The van der Waals surface area contributed by atoms with Crippen molar-refractivity contribution in [2.45, 2.75) is 26.3 Å². The summed E-state index contributed by atoms with van der Waals surface area (Å²) >= 11 is 0. The molecule has 2 N–H and O–H groups in total. The number of nitrogens with one attached hydrogen (secondary N) is 2. The lowest BCUT2D eigenvalue weighted by Crippen LogP contribution is -2.38. The van der Waals surface area contributed by atoms with Gasteiger partial charge in [-0.15, -0.1) is 24.0 Å². The third-order valence-corrected chi connectivity index (χ3v) is 3.64. The van der Waals surface area contributed by atoms with Crippen molar-refractivity contribution in [1.82, 2.24) is 25.4 Å². The van der Waals surface area contributed by atoms with Crippen molar-refractivity contribution in [2.75, 3.05) is 13.1 Å². The van der Waals surface area contributed by atoms with Crippen molar-refractivity contribution >= 4 is 29.9 Å². The number of rotatable bonds is 6. The first-order valence-corrected chi connectivity index (χ1v) is 7.81. The van der Waals surface area contributed by atoms with E-state index in [1.165, 1.54) is 24.7 Å². The molecule has 0 bridgehead atoms. The summed E-state index contributed by atoms with van der Waals surface area (Å²) in [7, 11) is 0. The molecule has 23 heavy (non-hydrogen) atoms. The SMILES string of the molecule is CCNC(=NCc1ccc(-n2cncn2)cc1)NCC1CC1.I. The highest BCUT2D eigenvalue weighted by molar-refractivity contribution is 14.0. The van der Waals surface area contributed by atoms with Gasteiger partial charge in [-0.1, -0.05) is 12.1 Å². The maximum atomic E-state index is 4.64. The lowest BCUT2D eigenvalue weighted by molar-refractivity contribution is 0.739. The van der Waals surface area contributed by atoms with Gasteiger partial charge in [-0.2, -0.15) is 5.10 Å². The molecule has 124 valence electrons. The molecule has 2 aromatic rings. The standard InChI is InChI=1S/C16H22N6.HI/c1-2-18-16(19-9-13-3-4-13)20-10-14-5-7-15(8-6-14)22-12-17-11-21-22;/h5-8,11-13H,2-4,9-10H2,1H3,(H2,18,19,20);1H. The highest BCUT2D eigenvalue weighted by atomic mass is 127. The zero-order valence-corrected chi connectivity index (χ0v) is 15.6. The first kappa shape index (κ1) is 17.7. The lowest BCUT2D eigenvalue weighted by Gasteiger charge is -2.10. The highest BCUT2D eigenvalue weighted by Gasteiger charge is 2.20. The summed E-state index contributed by atoms with van der Waals surface area (Å²) < 4.78 is 1.74. The molecule has 0 saturated heterocycles. The molecule has 0 radical (unpaired) electrons. The van der Waals surface area contributed by atoms with Crippen molar-refractivity contribution in [3.63, 3.8) is 0 Å². The number of hydrogen-bond acceptors (Lipinski definition) is 3. The number of hydrogen-bond donors (Lipinski definition) is 2. The van der Waals surface area contributed by atoms with Crippen LogP contribution in [-0.2, 0) is 6.54 Å². The molecular weight excluding hydrogens is 403 g/mol. The van der Waals surface area contributed by atoms with E-state index >= 15 is 0 Å². The predicted molar refractivity (Wildman–Crippen MR) is 102 cm³/mol. The zero-order chi connectivity index (χ0) is 15.2. The maximum Gasteiger partial charge on any atom is 0.191 e. The van der Waals surface area contributed by atoms with Gasteiger partial charge in [0.05, 0.1) is 12.2 Å². The molecule has 3 rings (SSSR count). The summed E-state index contributed by atoms with van der Waals surface area (Å²) in [4.78, 5) is 8.59. The van der Waals surface area contributed by atoms with Gasteiger partial charge in [0, 0.05) is 13.1 Å². The van der Waals surface area contributed by atoms with E-state index in [0.29, 0.717) is 6.54 Å².